The van der Waals surface area contributed by atoms with Crippen molar-refractivity contribution in [2.45, 2.75) is 25.1 Å². The van der Waals surface area contributed by atoms with Crippen molar-refractivity contribution in [3.8, 4) is 4.97 Å². The molecule has 0 heterocycles. The van der Waals surface area contributed by atoms with E-state index in [4.69, 9.17) is 5.26 Å². The molecule has 0 spiro atoms. The Balaban J connectivity index is 3.03. The molecule has 0 saturated heterocycles. The van der Waals surface area contributed by atoms with Gasteiger partial charge < -0.3 is 0 Å². The second-order valence-corrected chi connectivity index (χ2v) is 3.99. The van der Waals surface area contributed by atoms with Gasteiger partial charge >= 0.3 is 50.3 Å². The number of hydrogen-bond acceptors (Lipinski definition) is 1. The Morgan fingerprint density at radius 3 is 2.57 bits per heavy atom. The second kappa shape index (κ2) is 4.18. The summed E-state index contributed by atoms with van der Waals surface area (Å²) in [4.78, 5) is 2.83. The third kappa shape index (κ3) is 3.85. The van der Waals surface area contributed by atoms with Crippen LogP contribution in [0, 0.1) is 10.2 Å². The molecule has 0 aromatic heterocycles. The molecule has 40 valence electrons. The average molecular weight is 162 g/mol. The van der Waals surface area contributed by atoms with E-state index in [1.807, 2.05) is 0 Å². The summed E-state index contributed by atoms with van der Waals surface area (Å²) in [6.45, 7) is 4.23. The van der Waals surface area contributed by atoms with Crippen LogP contribution in [0.2, 0.25) is 4.82 Å². The van der Waals surface area contributed by atoms with Gasteiger partial charge in [0.25, 0.3) is 0 Å². The van der Waals surface area contributed by atoms with Crippen molar-refractivity contribution in [3.63, 3.8) is 0 Å². The molecule has 0 N–H and O–H groups in total. The van der Waals surface area contributed by atoms with Crippen molar-refractivity contribution in [2.24, 2.45) is 0 Å². The molecule has 1 nitrogen and oxygen atoms in total. The standard InChI is InChI=1S/C5H9NSe/c1-3-5(2)7-4-6/h5H,3H2,1-2H3/t5-/m1/s1. The molecule has 1 atom stereocenters. The first-order chi connectivity index (χ1) is 3.31. The molecule has 0 aliphatic carbocycles. The summed E-state index contributed by atoms with van der Waals surface area (Å²) in [6, 6.07) is 0. The van der Waals surface area contributed by atoms with Crippen LogP contribution in [0.25, 0.3) is 0 Å². The Labute approximate surface area is 50.9 Å². The van der Waals surface area contributed by atoms with Crippen molar-refractivity contribution >= 4 is 15.0 Å². The number of nitrogens with zero attached hydrogens (tertiary/aromatic N) is 1. The monoisotopic (exact) mass is 163 g/mol. The van der Waals surface area contributed by atoms with Crippen molar-refractivity contribution in [2.75, 3.05) is 0 Å². The van der Waals surface area contributed by atoms with Crippen LogP contribution in [0.1, 0.15) is 20.3 Å². The second-order valence-electron chi connectivity index (χ2n) is 1.43. The summed E-state index contributed by atoms with van der Waals surface area (Å²) in [6.07, 6.45) is 1.15. The van der Waals surface area contributed by atoms with Gasteiger partial charge in [-0.3, -0.25) is 0 Å². The van der Waals surface area contributed by atoms with E-state index in [1.54, 1.807) is 0 Å². The van der Waals surface area contributed by atoms with E-state index in [-0.39, 0.29) is 15.0 Å². The molecule has 7 heavy (non-hydrogen) atoms. The fourth-order valence-electron chi connectivity index (χ4n) is 0.173. The normalized spacial score (nSPS) is 12.7. The fourth-order valence-corrected chi connectivity index (χ4v) is 0.901. The first-order valence-electron chi connectivity index (χ1n) is 2.36. The molecule has 2 heteroatoms. The Bertz CT molecular complexity index is 74.6. The van der Waals surface area contributed by atoms with E-state index in [0.717, 1.165) is 6.42 Å². The van der Waals surface area contributed by atoms with Crippen molar-refractivity contribution < 1.29 is 0 Å². The van der Waals surface area contributed by atoms with E-state index < -0.39 is 0 Å². The van der Waals surface area contributed by atoms with Gasteiger partial charge in [0.05, 0.1) is 0 Å². The van der Waals surface area contributed by atoms with Crippen LogP contribution in [0.4, 0.5) is 0 Å². The van der Waals surface area contributed by atoms with E-state index in [2.05, 4.69) is 18.8 Å². The number of rotatable bonds is 2. The molecular formula is C5H9NSe. The molecule has 0 bridgehead atoms. The third-order valence-electron chi connectivity index (χ3n) is 0.829. The zero-order chi connectivity index (χ0) is 5.70. The van der Waals surface area contributed by atoms with Gasteiger partial charge in [-0.25, -0.2) is 0 Å². The molecular weight excluding hydrogens is 153 g/mol. The molecule has 0 fully saturated rings. The summed E-state index contributed by atoms with van der Waals surface area (Å²) in [5.41, 5.74) is 0. The zero-order valence-electron chi connectivity index (χ0n) is 4.64. The molecule has 0 radical (unpaired) electrons. The fraction of sp³-hybridized carbons (Fsp3) is 0.800. The molecule has 0 unspecified atom stereocenters. The summed E-state index contributed by atoms with van der Waals surface area (Å²) in [5.74, 6) is 0. The van der Waals surface area contributed by atoms with Gasteiger partial charge in [0.2, 0.25) is 0 Å². The maximum atomic E-state index is 8.15. The van der Waals surface area contributed by atoms with Gasteiger partial charge in [0.1, 0.15) is 0 Å². The maximum absolute atomic E-state index is 8.15. The van der Waals surface area contributed by atoms with Gasteiger partial charge in [0, 0.05) is 0 Å². The topological polar surface area (TPSA) is 23.8 Å². The first-order valence-corrected chi connectivity index (χ1v) is 4.20. The van der Waals surface area contributed by atoms with Crippen molar-refractivity contribution in [1.82, 2.24) is 0 Å². The predicted octanol–water partition coefficient (Wildman–Crippen LogP) is 1.39. The van der Waals surface area contributed by atoms with E-state index >= 15 is 0 Å². The number of nitriles is 1. The molecule has 0 rings (SSSR count). The molecule has 0 aliphatic heterocycles. The van der Waals surface area contributed by atoms with Gasteiger partial charge in [-0.1, -0.05) is 0 Å². The number of hydrogen-bond donors (Lipinski definition) is 0. The van der Waals surface area contributed by atoms with Gasteiger partial charge in [0.15, 0.2) is 0 Å². The molecule has 0 saturated carbocycles. The van der Waals surface area contributed by atoms with Crippen LogP contribution in [0.15, 0.2) is 0 Å². The van der Waals surface area contributed by atoms with Gasteiger partial charge in [-0.2, -0.15) is 0 Å². The summed E-state index contributed by atoms with van der Waals surface area (Å²) >= 11 is 0.231. The Hall–Kier alpha value is 0.00948. The molecule has 0 aromatic rings. The van der Waals surface area contributed by atoms with Crippen LogP contribution < -0.4 is 0 Å². The Morgan fingerprint density at radius 2 is 2.43 bits per heavy atom. The quantitative estimate of drug-likeness (QED) is 0.563. The van der Waals surface area contributed by atoms with Crippen molar-refractivity contribution in [3.05, 3.63) is 0 Å². The SMILES string of the molecule is CC[C@@H](C)[Se]C#N. The van der Waals surface area contributed by atoms with E-state index in [0.29, 0.717) is 4.82 Å². The third-order valence-corrected chi connectivity index (χ3v) is 2.59. The average Bonchev–Trinajstić information content (AvgIpc) is 1.68. The van der Waals surface area contributed by atoms with Crippen LogP contribution >= 0.6 is 0 Å². The Morgan fingerprint density at radius 1 is 1.86 bits per heavy atom. The van der Waals surface area contributed by atoms with Crippen LogP contribution in [0.5, 0.6) is 0 Å². The first kappa shape index (κ1) is 7.01. The van der Waals surface area contributed by atoms with E-state index in [9.17, 15) is 0 Å². The molecule has 0 amide bonds. The summed E-state index contributed by atoms with van der Waals surface area (Å²) in [7, 11) is 0. The minimum absolute atomic E-state index is 0.231. The molecule has 0 aromatic carbocycles. The van der Waals surface area contributed by atoms with Gasteiger partial charge in [-0.05, 0) is 0 Å². The van der Waals surface area contributed by atoms with E-state index in [1.165, 1.54) is 0 Å². The minimum atomic E-state index is 0.231. The Kier molecular flexibility index (Phi) is 4.18. The van der Waals surface area contributed by atoms with Crippen LogP contribution in [-0.2, 0) is 0 Å². The zero-order valence-corrected chi connectivity index (χ0v) is 6.35. The van der Waals surface area contributed by atoms with Crippen molar-refractivity contribution in [1.29, 1.82) is 5.26 Å². The van der Waals surface area contributed by atoms with Gasteiger partial charge in [-0.15, -0.1) is 0 Å². The predicted molar refractivity (Wildman–Crippen MR) is 31.1 cm³/mol. The van der Waals surface area contributed by atoms with Crippen LogP contribution in [-0.4, -0.2) is 15.0 Å². The summed E-state index contributed by atoms with van der Waals surface area (Å²) < 4.78 is 0. The summed E-state index contributed by atoms with van der Waals surface area (Å²) in [5, 5.41) is 8.15. The van der Waals surface area contributed by atoms with Crippen LogP contribution in [0.3, 0.4) is 0 Å². The molecule has 0 aliphatic rings.